The van der Waals surface area contributed by atoms with E-state index in [0.717, 1.165) is 30.1 Å². The molecular weight excluding hydrogens is 382 g/mol. The minimum Gasteiger partial charge on any atom is -0.475 e. The average molecular weight is 407 g/mol. The molecule has 0 spiro atoms. The molecule has 1 fully saturated rings. The molecule has 156 valence electrons. The van der Waals surface area contributed by atoms with Crippen molar-refractivity contribution in [3.05, 3.63) is 41.7 Å². The van der Waals surface area contributed by atoms with Crippen LogP contribution in [0.2, 0.25) is 0 Å². The highest BCUT2D eigenvalue weighted by Gasteiger charge is 2.34. The molecule has 1 aromatic heterocycles. The lowest BCUT2D eigenvalue weighted by Gasteiger charge is -2.28. The Morgan fingerprint density at radius 3 is 2.73 bits per heavy atom. The van der Waals surface area contributed by atoms with E-state index in [1.54, 1.807) is 4.90 Å². The van der Waals surface area contributed by atoms with Crippen LogP contribution in [0.3, 0.4) is 0 Å². The standard InChI is InChI=1S/C22H25N5O3/c1-22(2,3)30-21(28)26-9-8-15(12-26)14-4-6-16(7-5-14)27-10-11-29-20-17-18(23-13-24-20)25-19(17)27/h4-7,13,15H,8-12H2,1-3H3. The van der Waals surface area contributed by atoms with Crippen LogP contribution >= 0.6 is 0 Å². The summed E-state index contributed by atoms with van der Waals surface area (Å²) in [5, 5.41) is 0. The Balaban J connectivity index is 1.29. The summed E-state index contributed by atoms with van der Waals surface area (Å²) in [6.45, 7) is 8.33. The predicted molar refractivity (Wildman–Crippen MR) is 113 cm³/mol. The predicted octanol–water partition coefficient (Wildman–Crippen LogP) is 3.49. The van der Waals surface area contributed by atoms with Gasteiger partial charge in [-0.05, 0) is 44.9 Å². The minimum atomic E-state index is -0.471. The van der Waals surface area contributed by atoms with Crippen LogP contribution in [0.25, 0.3) is 0 Å². The minimum absolute atomic E-state index is 0.231. The van der Waals surface area contributed by atoms with Crippen molar-refractivity contribution in [2.24, 2.45) is 4.99 Å². The first-order valence-electron chi connectivity index (χ1n) is 10.3. The zero-order chi connectivity index (χ0) is 20.9. The SMILES string of the molecule is CC(C)(C)OC(=O)N1CCC(c2ccc(N3CCOc4ncnc5c4C3=N5)cc2)C1. The molecule has 1 saturated heterocycles. The van der Waals surface area contributed by atoms with Crippen LogP contribution in [-0.2, 0) is 4.74 Å². The number of likely N-dealkylation sites (tertiary alicyclic amines) is 1. The molecule has 0 aliphatic carbocycles. The fourth-order valence-corrected chi connectivity index (χ4v) is 4.09. The molecule has 8 nitrogen and oxygen atoms in total. The molecule has 0 bridgehead atoms. The number of hydrogen-bond acceptors (Lipinski definition) is 7. The van der Waals surface area contributed by atoms with Crippen molar-refractivity contribution in [2.75, 3.05) is 31.1 Å². The molecule has 8 heteroatoms. The van der Waals surface area contributed by atoms with Gasteiger partial charge in [0, 0.05) is 24.7 Å². The van der Waals surface area contributed by atoms with Gasteiger partial charge in [0.25, 0.3) is 0 Å². The number of carbonyl (C=O) groups is 1. The molecule has 0 saturated carbocycles. The van der Waals surface area contributed by atoms with Crippen LogP contribution in [0.4, 0.5) is 16.3 Å². The summed E-state index contributed by atoms with van der Waals surface area (Å²) in [4.78, 5) is 29.2. The maximum absolute atomic E-state index is 12.3. The third-order valence-electron chi connectivity index (χ3n) is 5.55. The van der Waals surface area contributed by atoms with Crippen molar-refractivity contribution in [3.63, 3.8) is 0 Å². The number of anilines is 1. The van der Waals surface area contributed by atoms with E-state index in [1.807, 2.05) is 20.8 Å². The van der Waals surface area contributed by atoms with Gasteiger partial charge in [0.05, 0.1) is 6.54 Å². The summed E-state index contributed by atoms with van der Waals surface area (Å²) in [6.07, 6.45) is 2.20. The highest BCUT2D eigenvalue weighted by molar-refractivity contribution is 6.20. The summed E-state index contributed by atoms with van der Waals surface area (Å²) in [7, 11) is 0. The number of rotatable bonds is 2. The summed E-state index contributed by atoms with van der Waals surface area (Å²) in [5.74, 6) is 2.48. The zero-order valence-corrected chi connectivity index (χ0v) is 17.5. The first kappa shape index (κ1) is 18.8. The van der Waals surface area contributed by atoms with Gasteiger partial charge >= 0.3 is 6.09 Å². The summed E-state index contributed by atoms with van der Waals surface area (Å²) >= 11 is 0. The Kier molecular flexibility index (Phi) is 4.38. The number of aromatic nitrogens is 2. The van der Waals surface area contributed by atoms with Gasteiger partial charge in [-0.2, -0.15) is 0 Å². The molecule has 30 heavy (non-hydrogen) atoms. The molecule has 4 heterocycles. The van der Waals surface area contributed by atoms with E-state index < -0.39 is 5.60 Å². The molecule has 1 amide bonds. The van der Waals surface area contributed by atoms with Crippen molar-refractivity contribution in [3.8, 4) is 5.88 Å². The van der Waals surface area contributed by atoms with Gasteiger partial charge in [0.1, 0.15) is 24.1 Å². The van der Waals surface area contributed by atoms with E-state index in [-0.39, 0.29) is 6.09 Å². The van der Waals surface area contributed by atoms with Crippen molar-refractivity contribution in [2.45, 2.75) is 38.7 Å². The van der Waals surface area contributed by atoms with Crippen LogP contribution < -0.4 is 9.64 Å². The molecule has 3 aliphatic heterocycles. The van der Waals surface area contributed by atoms with Crippen molar-refractivity contribution in [1.29, 1.82) is 0 Å². The summed E-state index contributed by atoms with van der Waals surface area (Å²) in [5.41, 5.74) is 2.71. The third-order valence-corrected chi connectivity index (χ3v) is 5.55. The van der Waals surface area contributed by atoms with E-state index in [4.69, 9.17) is 9.47 Å². The fourth-order valence-electron chi connectivity index (χ4n) is 4.09. The number of nitrogens with zero attached hydrogens (tertiary/aromatic N) is 5. The third kappa shape index (κ3) is 3.36. The van der Waals surface area contributed by atoms with E-state index in [9.17, 15) is 4.79 Å². The van der Waals surface area contributed by atoms with Crippen molar-refractivity contribution >= 4 is 23.4 Å². The Bertz CT molecular complexity index is 1010. The van der Waals surface area contributed by atoms with Crippen molar-refractivity contribution < 1.29 is 14.3 Å². The van der Waals surface area contributed by atoms with Gasteiger partial charge < -0.3 is 19.3 Å². The number of amidine groups is 1. The first-order valence-corrected chi connectivity index (χ1v) is 10.3. The second-order valence-electron chi connectivity index (χ2n) is 8.82. The van der Waals surface area contributed by atoms with Crippen molar-refractivity contribution in [1.82, 2.24) is 14.9 Å². The number of amides is 1. The fraction of sp³-hybridized carbons (Fsp3) is 0.455. The van der Waals surface area contributed by atoms with Gasteiger partial charge in [0.2, 0.25) is 5.88 Å². The Morgan fingerprint density at radius 1 is 1.17 bits per heavy atom. The second-order valence-corrected chi connectivity index (χ2v) is 8.82. The largest absolute Gasteiger partial charge is 0.475 e. The number of hydrogen-bond donors (Lipinski definition) is 0. The Morgan fingerprint density at radius 2 is 1.97 bits per heavy atom. The van der Waals surface area contributed by atoms with Gasteiger partial charge in [-0.25, -0.2) is 19.8 Å². The molecule has 3 aliphatic rings. The van der Waals surface area contributed by atoms with Gasteiger partial charge in [-0.1, -0.05) is 12.1 Å². The van der Waals surface area contributed by atoms with Gasteiger partial charge in [-0.15, -0.1) is 0 Å². The molecule has 0 radical (unpaired) electrons. The molecular formula is C22H25N5O3. The molecule has 1 unspecified atom stereocenters. The van der Waals surface area contributed by atoms with E-state index in [2.05, 4.69) is 44.1 Å². The molecule has 5 rings (SSSR count). The molecule has 1 atom stereocenters. The zero-order valence-electron chi connectivity index (χ0n) is 17.5. The lowest BCUT2D eigenvalue weighted by molar-refractivity contribution is 0.0292. The topological polar surface area (TPSA) is 80.2 Å². The molecule has 1 aromatic carbocycles. The monoisotopic (exact) mass is 407 g/mol. The number of carbonyl (C=O) groups excluding carboxylic acids is 1. The van der Waals surface area contributed by atoms with E-state index in [1.165, 1.54) is 11.9 Å². The maximum Gasteiger partial charge on any atom is 0.410 e. The van der Waals surface area contributed by atoms with E-state index >= 15 is 0 Å². The maximum atomic E-state index is 12.3. The lowest BCUT2D eigenvalue weighted by atomic mass is 9.98. The van der Waals surface area contributed by atoms with Crippen LogP contribution in [0.1, 0.15) is 44.2 Å². The Labute approximate surface area is 175 Å². The quantitative estimate of drug-likeness (QED) is 0.758. The lowest BCUT2D eigenvalue weighted by Crippen LogP contribution is -2.35. The number of benzene rings is 1. The molecule has 2 aromatic rings. The van der Waals surface area contributed by atoms with Gasteiger partial charge in [0.15, 0.2) is 11.7 Å². The van der Waals surface area contributed by atoms with Crippen LogP contribution in [0.15, 0.2) is 35.6 Å². The number of aliphatic imine (C=N–C) groups is 1. The summed E-state index contributed by atoms with van der Waals surface area (Å²) in [6, 6.07) is 8.52. The summed E-state index contributed by atoms with van der Waals surface area (Å²) < 4.78 is 11.3. The highest BCUT2D eigenvalue weighted by atomic mass is 16.6. The smallest absolute Gasteiger partial charge is 0.410 e. The molecule has 0 N–H and O–H groups in total. The van der Waals surface area contributed by atoms with Gasteiger partial charge in [-0.3, -0.25) is 0 Å². The Hall–Kier alpha value is -3.16. The number of ether oxygens (including phenoxy) is 2. The normalized spacial score (nSPS) is 20.0. The van der Waals surface area contributed by atoms with Crippen LogP contribution in [0.5, 0.6) is 5.88 Å². The first-order chi connectivity index (χ1) is 14.4. The van der Waals surface area contributed by atoms with Crippen LogP contribution in [0, 0.1) is 0 Å². The van der Waals surface area contributed by atoms with E-state index in [0.29, 0.717) is 37.3 Å². The second kappa shape index (κ2) is 6.97. The average Bonchev–Trinajstić information content (AvgIpc) is 3.10. The van der Waals surface area contributed by atoms with Crippen LogP contribution in [-0.4, -0.2) is 58.6 Å². The highest BCUT2D eigenvalue weighted by Crippen LogP contribution is 2.38.